The van der Waals surface area contributed by atoms with Crippen LogP contribution in [0.2, 0.25) is 0 Å². The lowest BCUT2D eigenvalue weighted by atomic mass is 9.75. The molecule has 2 aliphatic carbocycles. The molecule has 4 unspecified atom stereocenters. The van der Waals surface area contributed by atoms with Gasteiger partial charge in [0.25, 0.3) is 11.7 Å². The highest BCUT2D eigenvalue weighted by Gasteiger charge is 2.54. The first-order valence-corrected chi connectivity index (χ1v) is 9.93. The molecule has 6 heteroatoms. The van der Waals surface area contributed by atoms with E-state index in [1.165, 1.54) is 11.1 Å². The topological polar surface area (TPSA) is 56.0 Å². The molecule has 3 aliphatic heterocycles. The summed E-state index contributed by atoms with van der Waals surface area (Å²) in [6, 6.07) is -0.303. The lowest BCUT2D eigenvalue weighted by Gasteiger charge is -2.33. The van der Waals surface area contributed by atoms with Crippen LogP contribution in [0.25, 0.3) is 0 Å². The summed E-state index contributed by atoms with van der Waals surface area (Å²) in [5, 5.41) is 0. The van der Waals surface area contributed by atoms with Gasteiger partial charge in [0.15, 0.2) is 0 Å². The van der Waals surface area contributed by atoms with E-state index in [9.17, 15) is 9.70 Å². The number of nitroso groups, excluding NO2 is 1. The molecule has 144 valence electrons. The van der Waals surface area contributed by atoms with Gasteiger partial charge in [-0.05, 0) is 26.6 Å². The summed E-state index contributed by atoms with van der Waals surface area (Å²) in [6.07, 6.45) is 13.3. The van der Waals surface area contributed by atoms with Crippen LogP contribution in [-0.4, -0.2) is 65.4 Å². The Hall–Kier alpha value is -2.60. The van der Waals surface area contributed by atoms with E-state index in [-0.39, 0.29) is 23.8 Å². The fourth-order valence-corrected chi connectivity index (χ4v) is 5.21. The minimum absolute atomic E-state index is 0.0436. The molecule has 0 radical (unpaired) electrons. The van der Waals surface area contributed by atoms with Gasteiger partial charge >= 0.3 is 0 Å². The quantitative estimate of drug-likeness (QED) is 0.709. The van der Waals surface area contributed by atoms with Gasteiger partial charge in [-0.15, -0.1) is 0 Å². The predicted molar refractivity (Wildman–Crippen MR) is 108 cm³/mol. The maximum Gasteiger partial charge on any atom is 0.267 e. The zero-order valence-electron chi connectivity index (χ0n) is 16.5. The van der Waals surface area contributed by atoms with Gasteiger partial charge in [-0.25, -0.2) is 4.99 Å². The number of hydrogen-bond acceptors (Lipinski definition) is 5. The first-order chi connectivity index (χ1) is 13.5. The van der Waals surface area contributed by atoms with Crippen molar-refractivity contribution < 1.29 is 9.55 Å². The fraction of sp³-hybridized carbons (Fsp3) is 0.455. The minimum Gasteiger partial charge on any atom is -0.344 e. The summed E-state index contributed by atoms with van der Waals surface area (Å²) < 4.78 is 0.976. The highest BCUT2D eigenvalue weighted by atomic mass is 16.3. The van der Waals surface area contributed by atoms with Crippen LogP contribution in [0.3, 0.4) is 0 Å². The smallest absolute Gasteiger partial charge is 0.267 e. The van der Waals surface area contributed by atoms with E-state index in [4.69, 9.17) is 0 Å². The van der Waals surface area contributed by atoms with E-state index in [2.05, 4.69) is 34.2 Å². The van der Waals surface area contributed by atoms with Crippen LogP contribution in [0.5, 0.6) is 0 Å². The monoisotopic (exact) mass is 377 g/mol. The Bertz CT molecular complexity index is 963. The second kappa shape index (κ2) is 6.21. The lowest BCUT2D eigenvalue weighted by Crippen LogP contribution is -2.43. The first kappa shape index (κ1) is 17.5. The molecule has 0 amide bonds. The van der Waals surface area contributed by atoms with Crippen molar-refractivity contribution in [2.75, 3.05) is 20.6 Å². The molecule has 0 saturated carbocycles. The molecule has 6 nitrogen and oxygen atoms in total. The van der Waals surface area contributed by atoms with E-state index in [1.807, 2.05) is 38.3 Å². The lowest BCUT2D eigenvalue weighted by molar-refractivity contribution is -0.525. The second-order valence-corrected chi connectivity index (χ2v) is 8.48. The molecular weight excluding hydrogens is 352 g/mol. The Morgan fingerprint density at radius 3 is 2.93 bits per heavy atom. The van der Waals surface area contributed by atoms with E-state index < -0.39 is 6.04 Å². The van der Waals surface area contributed by atoms with Crippen molar-refractivity contribution in [1.29, 1.82) is 0 Å². The van der Waals surface area contributed by atoms with Gasteiger partial charge < -0.3 is 9.80 Å². The van der Waals surface area contributed by atoms with E-state index in [0.717, 1.165) is 22.6 Å². The van der Waals surface area contributed by atoms with Crippen LogP contribution < -0.4 is 0 Å². The van der Waals surface area contributed by atoms with Crippen molar-refractivity contribution in [3.63, 3.8) is 0 Å². The molecular formula is C22H25N4O2+. The number of Topliss-reactive ketones (excluding diaryl/α,β-unsaturated/α-hetero) is 1. The highest BCUT2D eigenvalue weighted by Crippen LogP contribution is 2.50. The molecule has 1 saturated heterocycles. The third kappa shape index (κ3) is 2.37. The molecule has 5 rings (SSSR count). The van der Waals surface area contributed by atoms with Gasteiger partial charge in [0.2, 0.25) is 5.78 Å². The number of ketones is 1. The van der Waals surface area contributed by atoms with Crippen molar-refractivity contribution in [2.45, 2.75) is 37.9 Å². The summed E-state index contributed by atoms with van der Waals surface area (Å²) >= 11 is 0. The molecule has 1 fully saturated rings. The Kier molecular flexibility index (Phi) is 3.88. The second-order valence-electron chi connectivity index (χ2n) is 8.48. The highest BCUT2D eigenvalue weighted by molar-refractivity contribution is 5.87. The summed E-state index contributed by atoms with van der Waals surface area (Å²) in [4.78, 5) is 34.9. The van der Waals surface area contributed by atoms with Crippen LogP contribution in [0.15, 0.2) is 63.5 Å². The molecule has 0 aromatic carbocycles. The average molecular weight is 377 g/mol. The van der Waals surface area contributed by atoms with Crippen molar-refractivity contribution >= 4 is 12.1 Å². The Morgan fingerprint density at radius 2 is 2.14 bits per heavy atom. The van der Waals surface area contributed by atoms with Gasteiger partial charge in [0, 0.05) is 57.9 Å². The van der Waals surface area contributed by atoms with Gasteiger partial charge in [0.05, 0.1) is 18.4 Å². The third-order valence-electron chi connectivity index (χ3n) is 6.58. The van der Waals surface area contributed by atoms with E-state index in [1.54, 1.807) is 0 Å². The zero-order valence-corrected chi connectivity index (χ0v) is 16.5. The number of hydrogen-bond donors (Lipinski definition) is 0. The maximum atomic E-state index is 13.1. The number of aliphatic imine (C=N–C) groups is 1. The van der Waals surface area contributed by atoms with E-state index in [0.29, 0.717) is 18.5 Å². The standard InChI is InChI=1S/C22H25N4O2/c1-13-14-5-4-6-15-21-16-11-20(27)18(9-10-24(2)3)26(28)17(16)7-8-19(21)25(12-23-13)22(14)15/h4-8,12,18-19,21-22H,9-11H2,1-3H3/q+1. The normalized spacial score (nSPS) is 32.9. The molecule has 0 bridgehead atoms. The Morgan fingerprint density at radius 1 is 1.32 bits per heavy atom. The average Bonchev–Trinajstić information content (AvgIpc) is 3.00. The molecule has 0 aromatic heterocycles. The van der Waals surface area contributed by atoms with Crippen LogP contribution >= 0.6 is 0 Å². The molecule has 0 aromatic rings. The Balaban J connectivity index is 1.54. The SMILES string of the molecule is CC1=C2C=CC=C3C4C5=C(C=CC4N(C=N1)C32)[N+](=O)C(CCN(C)C)C(=O)C5. The van der Waals surface area contributed by atoms with E-state index >= 15 is 0 Å². The summed E-state index contributed by atoms with van der Waals surface area (Å²) in [5.74, 6) is 0.111. The number of carbonyl (C=O) groups excluding carboxylic acids is 1. The molecule has 28 heavy (non-hydrogen) atoms. The molecule has 5 aliphatic rings. The molecule has 0 N–H and O–H groups in total. The molecule has 4 atom stereocenters. The Labute approximate surface area is 164 Å². The van der Waals surface area contributed by atoms with Gasteiger partial charge in [-0.3, -0.25) is 4.79 Å². The number of rotatable bonds is 3. The molecule has 3 heterocycles. The maximum absolute atomic E-state index is 13.1. The van der Waals surface area contributed by atoms with Gasteiger partial charge in [-0.1, -0.05) is 24.3 Å². The van der Waals surface area contributed by atoms with Crippen molar-refractivity contribution in [3.05, 3.63) is 63.4 Å². The van der Waals surface area contributed by atoms with Crippen LogP contribution in [0, 0.1) is 10.8 Å². The number of fused-ring (bicyclic) bond motifs is 4. The first-order valence-electron chi connectivity index (χ1n) is 9.93. The minimum atomic E-state index is -0.578. The molecule has 0 spiro atoms. The summed E-state index contributed by atoms with van der Waals surface area (Å²) in [6.45, 7) is 2.76. The summed E-state index contributed by atoms with van der Waals surface area (Å²) in [5.41, 5.74) is 5.20. The number of carbonyl (C=O) groups is 1. The number of nitrogens with zero attached hydrogens (tertiary/aromatic N) is 4. The largest absolute Gasteiger partial charge is 0.344 e. The fourth-order valence-electron chi connectivity index (χ4n) is 5.21. The zero-order chi connectivity index (χ0) is 19.6. The number of allylic oxidation sites excluding steroid dienone is 4. The van der Waals surface area contributed by atoms with Crippen molar-refractivity contribution in [1.82, 2.24) is 9.80 Å². The van der Waals surface area contributed by atoms with Crippen molar-refractivity contribution in [3.8, 4) is 0 Å². The van der Waals surface area contributed by atoms with Crippen LogP contribution in [0.4, 0.5) is 0 Å². The third-order valence-corrected chi connectivity index (χ3v) is 6.58. The van der Waals surface area contributed by atoms with Gasteiger partial charge in [0.1, 0.15) is 0 Å². The van der Waals surface area contributed by atoms with Crippen LogP contribution in [-0.2, 0) is 4.79 Å². The van der Waals surface area contributed by atoms with Crippen LogP contribution in [0.1, 0.15) is 19.8 Å². The predicted octanol–water partition coefficient (Wildman–Crippen LogP) is 2.36. The van der Waals surface area contributed by atoms with Crippen molar-refractivity contribution in [2.24, 2.45) is 10.9 Å². The summed E-state index contributed by atoms with van der Waals surface area (Å²) in [7, 11) is 3.93. The van der Waals surface area contributed by atoms with Gasteiger partial charge in [-0.2, -0.15) is 0 Å².